The molecule has 4 nitrogen and oxygen atoms in total. The number of amides is 1. The van der Waals surface area contributed by atoms with Gasteiger partial charge in [0.2, 0.25) is 5.91 Å². The van der Waals surface area contributed by atoms with Crippen molar-refractivity contribution in [2.24, 2.45) is 0 Å². The van der Waals surface area contributed by atoms with Gasteiger partial charge in [-0.15, -0.1) is 0 Å². The van der Waals surface area contributed by atoms with Crippen LogP contribution < -0.4 is 0 Å². The van der Waals surface area contributed by atoms with Gasteiger partial charge in [0.25, 0.3) is 0 Å². The molecule has 0 radical (unpaired) electrons. The number of hydrogen-bond acceptors (Lipinski definition) is 3. The van der Waals surface area contributed by atoms with Gasteiger partial charge in [-0.25, -0.2) is 0 Å². The summed E-state index contributed by atoms with van der Waals surface area (Å²) >= 11 is 12.1. The molecule has 132 valence electrons. The lowest BCUT2D eigenvalue weighted by Gasteiger charge is -2.36. The molecule has 2 aliphatic rings. The molecule has 0 aromatic heterocycles. The minimum atomic E-state index is 0.0992. The Kier molecular flexibility index (Phi) is 5.70. The smallest absolute Gasteiger partial charge is 0.236 e. The standard InChI is InChI=1S/C18H24Cl2N2O2/c1-12-8-22(9-13(2)24-12)18(23)11-21(15-4-5-15)10-14-3-6-16(19)17(20)7-14/h3,6-7,12-13,15H,4-5,8-11H2,1-2H3. The fourth-order valence-corrected chi connectivity index (χ4v) is 3.60. The van der Waals surface area contributed by atoms with Crippen molar-refractivity contribution < 1.29 is 9.53 Å². The summed E-state index contributed by atoms with van der Waals surface area (Å²) in [6.07, 6.45) is 2.51. The number of benzene rings is 1. The van der Waals surface area contributed by atoms with Crippen LogP contribution in [0.4, 0.5) is 0 Å². The van der Waals surface area contributed by atoms with E-state index in [-0.39, 0.29) is 18.1 Å². The summed E-state index contributed by atoms with van der Waals surface area (Å²) in [6, 6.07) is 6.19. The van der Waals surface area contributed by atoms with Crippen LogP contribution >= 0.6 is 23.2 Å². The topological polar surface area (TPSA) is 32.8 Å². The van der Waals surface area contributed by atoms with E-state index in [1.54, 1.807) is 0 Å². The quantitative estimate of drug-likeness (QED) is 0.793. The highest BCUT2D eigenvalue weighted by atomic mass is 35.5. The van der Waals surface area contributed by atoms with E-state index >= 15 is 0 Å². The monoisotopic (exact) mass is 370 g/mol. The Hall–Kier alpha value is -0.810. The zero-order valence-corrected chi connectivity index (χ0v) is 15.7. The van der Waals surface area contributed by atoms with Crippen LogP contribution in [0, 0.1) is 0 Å². The van der Waals surface area contributed by atoms with Gasteiger partial charge in [-0.1, -0.05) is 29.3 Å². The van der Waals surface area contributed by atoms with Gasteiger partial charge in [0.1, 0.15) is 0 Å². The van der Waals surface area contributed by atoms with Gasteiger partial charge in [0.15, 0.2) is 0 Å². The average Bonchev–Trinajstić information content (AvgIpc) is 3.34. The van der Waals surface area contributed by atoms with E-state index < -0.39 is 0 Å². The van der Waals surface area contributed by atoms with Gasteiger partial charge in [-0.2, -0.15) is 0 Å². The third-order valence-electron chi connectivity index (χ3n) is 4.54. The average molecular weight is 371 g/mol. The molecule has 24 heavy (non-hydrogen) atoms. The second kappa shape index (κ2) is 7.61. The van der Waals surface area contributed by atoms with Crippen LogP contribution in [0.15, 0.2) is 18.2 Å². The number of rotatable bonds is 5. The Bertz CT molecular complexity index is 597. The van der Waals surface area contributed by atoms with Crippen LogP contribution in [0.5, 0.6) is 0 Å². The maximum atomic E-state index is 12.7. The summed E-state index contributed by atoms with van der Waals surface area (Å²) in [4.78, 5) is 16.9. The maximum absolute atomic E-state index is 12.7. The molecule has 1 saturated heterocycles. The van der Waals surface area contributed by atoms with Crippen molar-refractivity contribution in [3.8, 4) is 0 Å². The van der Waals surface area contributed by atoms with Crippen LogP contribution in [0.25, 0.3) is 0 Å². The molecule has 1 saturated carbocycles. The van der Waals surface area contributed by atoms with E-state index in [0.717, 1.165) is 24.9 Å². The Labute approximate surface area is 153 Å². The van der Waals surface area contributed by atoms with Crippen LogP contribution in [0.1, 0.15) is 32.3 Å². The Morgan fingerprint density at radius 3 is 2.46 bits per heavy atom. The third kappa shape index (κ3) is 4.63. The lowest BCUT2D eigenvalue weighted by Crippen LogP contribution is -2.51. The molecule has 3 rings (SSSR count). The zero-order valence-electron chi connectivity index (χ0n) is 14.2. The molecule has 0 bridgehead atoms. The molecule has 1 aromatic rings. The van der Waals surface area contributed by atoms with Gasteiger partial charge < -0.3 is 9.64 Å². The molecule has 1 heterocycles. The van der Waals surface area contributed by atoms with Crippen molar-refractivity contribution in [2.45, 2.75) is 51.5 Å². The van der Waals surface area contributed by atoms with Crippen molar-refractivity contribution >= 4 is 29.1 Å². The normalized spacial score (nSPS) is 24.5. The van der Waals surface area contributed by atoms with Gasteiger partial charge in [-0.05, 0) is 44.4 Å². The summed E-state index contributed by atoms with van der Waals surface area (Å²) in [6.45, 7) is 6.56. The summed E-state index contributed by atoms with van der Waals surface area (Å²) in [7, 11) is 0. The first-order valence-corrected chi connectivity index (χ1v) is 9.29. The summed E-state index contributed by atoms with van der Waals surface area (Å²) < 4.78 is 5.72. The lowest BCUT2D eigenvalue weighted by atomic mass is 10.2. The van der Waals surface area contributed by atoms with Crippen molar-refractivity contribution in [3.05, 3.63) is 33.8 Å². The van der Waals surface area contributed by atoms with Gasteiger partial charge in [0, 0.05) is 25.7 Å². The number of carbonyl (C=O) groups is 1. The molecule has 6 heteroatoms. The van der Waals surface area contributed by atoms with E-state index in [4.69, 9.17) is 27.9 Å². The fourth-order valence-electron chi connectivity index (χ4n) is 3.28. The SMILES string of the molecule is CC1CN(C(=O)CN(Cc2ccc(Cl)c(Cl)c2)C2CC2)CC(C)O1. The first-order valence-electron chi connectivity index (χ1n) is 8.53. The Balaban J connectivity index is 1.63. The van der Waals surface area contributed by atoms with Gasteiger partial charge >= 0.3 is 0 Å². The van der Waals surface area contributed by atoms with Crippen molar-refractivity contribution in [2.75, 3.05) is 19.6 Å². The van der Waals surface area contributed by atoms with E-state index in [2.05, 4.69) is 4.90 Å². The Morgan fingerprint density at radius 1 is 1.21 bits per heavy atom. The molecule has 2 atom stereocenters. The number of carbonyl (C=O) groups excluding carboxylic acids is 1. The fraction of sp³-hybridized carbons (Fsp3) is 0.611. The van der Waals surface area contributed by atoms with E-state index in [0.29, 0.717) is 35.7 Å². The van der Waals surface area contributed by atoms with Crippen LogP contribution in [-0.2, 0) is 16.1 Å². The zero-order chi connectivity index (χ0) is 17.3. The van der Waals surface area contributed by atoms with Crippen molar-refractivity contribution in [3.63, 3.8) is 0 Å². The van der Waals surface area contributed by atoms with Gasteiger partial charge in [0.05, 0.1) is 28.8 Å². The predicted molar refractivity (Wildman–Crippen MR) is 96.5 cm³/mol. The molecular formula is C18H24Cl2N2O2. The third-order valence-corrected chi connectivity index (χ3v) is 5.28. The minimum absolute atomic E-state index is 0.0992. The first-order chi connectivity index (χ1) is 11.4. The van der Waals surface area contributed by atoms with Crippen molar-refractivity contribution in [1.29, 1.82) is 0 Å². The summed E-state index contributed by atoms with van der Waals surface area (Å²) in [5.74, 6) is 0.184. The highest BCUT2D eigenvalue weighted by molar-refractivity contribution is 6.42. The number of halogens is 2. The van der Waals surface area contributed by atoms with Crippen LogP contribution in [-0.4, -0.2) is 53.6 Å². The highest BCUT2D eigenvalue weighted by Crippen LogP contribution is 2.30. The largest absolute Gasteiger partial charge is 0.372 e. The van der Waals surface area contributed by atoms with E-state index in [9.17, 15) is 4.79 Å². The molecule has 0 spiro atoms. The molecule has 1 aliphatic heterocycles. The molecule has 1 aromatic carbocycles. The molecule has 1 amide bonds. The number of morpholine rings is 1. The maximum Gasteiger partial charge on any atom is 0.236 e. The molecule has 0 N–H and O–H groups in total. The lowest BCUT2D eigenvalue weighted by molar-refractivity contribution is -0.144. The summed E-state index contributed by atoms with van der Waals surface area (Å²) in [5.41, 5.74) is 1.09. The molecular weight excluding hydrogens is 347 g/mol. The molecule has 2 unspecified atom stereocenters. The Morgan fingerprint density at radius 2 is 1.88 bits per heavy atom. The minimum Gasteiger partial charge on any atom is -0.372 e. The predicted octanol–water partition coefficient (Wildman–Crippen LogP) is 3.59. The van der Waals surface area contributed by atoms with E-state index in [1.807, 2.05) is 36.9 Å². The second-order valence-electron chi connectivity index (χ2n) is 6.94. The number of nitrogens with zero attached hydrogens (tertiary/aromatic N) is 2. The highest BCUT2D eigenvalue weighted by Gasteiger charge is 2.33. The second-order valence-corrected chi connectivity index (χ2v) is 7.76. The van der Waals surface area contributed by atoms with E-state index in [1.165, 1.54) is 0 Å². The van der Waals surface area contributed by atoms with Gasteiger partial charge in [-0.3, -0.25) is 9.69 Å². The number of hydrogen-bond donors (Lipinski definition) is 0. The molecule has 1 aliphatic carbocycles. The van der Waals surface area contributed by atoms with Crippen LogP contribution in [0.2, 0.25) is 10.0 Å². The van der Waals surface area contributed by atoms with Crippen LogP contribution in [0.3, 0.4) is 0 Å². The summed E-state index contributed by atoms with van der Waals surface area (Å²) in [5, 5.41) is 1.12. The molecule has 2 fully saturated rings. The number of ether oxygens (including phenoxy) is 1. The first kappa shape index (κ1) is 18.0. The van der Waals surface area contributed by atoms with Crippen molar-refractivity contribution in [1.82, 2.24) is 9.80 Å².